The molecule has 2 aliphatic rings. The zero-order valence-electron chi connectivity index (χ0n) is 19.0. The number of pyridine rings is 1. The van der Waals surface area contributed by atoms with Gasteiger partial charge in [-0.3, -0.25) is 10.1 Å². The minimum absolute atomic E-state index is 0.292. The lowest BCUT2D eigenvalue weighted by Gasteiger charge is -2.40. The Labute approximate surface area is 187 Å². The van der Waals surface area contributed by atoms with Crippen LogP contribution < -0.4 is 0 Å². The molecule has 4 heterocycles. The van der Waals surface area contributed by atoms with Crippen LogP contribution in [-0.4, -0.2) is 49.8 Å². The van der Waals surface area contributed by atoms with Crippen molar-refractivity contribution in [3.05, 3.63) is 40.2 Å². The summed E-state index contributed by atoms with van der Waals surface area (Å²) in [6.07, 6.45) is 2.18. The van der Waals surface area contributed by atoms with E-state index in [0.29, 0.717) is 31.0 Å². The number of carbonyl (C=O) groups is 1. The maximum Gasteiger partial charge on any atom is 0.410 e. The number of nitrogens with zero attached hydrogens (tertiary/aromatic N) is 4. The smallest absolute Gasteiger partial charge is 0.410 e. The number of hydrogen-bond acceptors (Lipinski definition) is 6. The van der Waals surface area contributed by atoms with Crippen LogP contribution in [-0.2, 0) is 20.5 Å². The minimum atomic E-state index is -0.578. The number of piperidine rings is 1. The van der Waals surface area contributed by atoms with Gasteiger partial charge in [-0.25, -0.2) is 9.78 Å². The molecule has 0 bridgehead atoms. The normalized spacial score (nSPS) is 20.7. The number of halogens is 1. The van der Waals surface area contributed by atoms with Crippen LogP contribution in [0.3, 0.4) is 0 Å². The molecular weight excluding hydrogens is 418 g/mol. The first kappa shape index (κ1) is 22.0. The van der Waals surface area contributed by atoms with Gasteiger partial charge in [0.05, 0.1) is 27.9 Å². The van der Waals surface area contributed by atoms with Crippen LogP contribution in [0.15, 0.2) is 12.4 Å². The number of aromatic amines is 1. The van der Waals surface area contributed by atoms with Gasteiger partial charge in [0.2, 0.25) is 0 Å². The van der Waals surface area contributed by atoms with Gasteiger partial charge in [-0.05, 0) is 60.5 Å². The Hall–Kier alpha value is -2.19. The highest BCUT2D eigenvalue weighted by atomic mass is 35.5. The maximum atomic E-state index is 12.6. The summed E-state index contributed by atoms with van der Waals surface area (Å²) < 4.78 is 12.4. The summed E-state index contributed by atoms with van der Waals surface area (Å²) in [5.74, 6) is 0.739. The summed E-state index contributed by atoms with van der Waals surface area (Å²) in [6, 6.07) is 1.97. The third kappa shape index (κ3) is 3.91. The third-order valence-corrected chi connectivity index (χ3v) is 6.52. The number of amides is 1. The molecule has 1 fully saturated rings. The van der Waals surface area contributed by atoms with Gasteiger partial charge < -0.3 is 14.4 Å². The van der Waals surface area contributed by atoms with E-state index >= 15 is 0 Å². The molecule has 0 aliphatic carbocycles. The molecule has 0 aromatic carbocycles. The zero-order chi connectivity index (χ0) is 22.6. The molecule has 168 valence electrons. The van der Waals surface area contributed by atoms with Gasteiger partial charge in [-0.2, -0.15) is 5.10 Å². The fourth-order valence-corrected chi connectivity index (χ4v) is 4.57. The molecule has 2 aliphatic heterocycles. The molecular formula is C22H30ClN5O3. The van der Waals surface area contributed by atoms with E-state index in [2.05, 4.69) is 29.0 Å². The molecule has 1 unspecified atom stereocenters. The molecule has 1 amide bonds. The van der Waals surface area contributed by atoms with Crippen molar-refractivity contribution in [1.29, 1.82) is 0 Å². The molecule has 1 atom stereocenters. The Kier molecular flexibility index (Phi) is 5.29. The topological polar surface area (TPSA) is 93.2 Å². The van der Waals surface area contributed by atoms with E-state index in [4.69, 9.17) is 26.1 Å². The number of aromatic nitrogens is 4. The highest BCUT2D eigenvalue weighted by Gasteiger charge is 2.54. The van der Waals surface area contributed by atoms with Crippen molar-refractivity contribution in [2.75, 3.05) is 13.1 Å². The SMILES string of the molecule is Cc1nc2c(cc1Cl)C(C(C)(C)c1ncn[nH]1)OC21CCN(C(=O)OC(C)(C)C)CC1. The fraction of sp³-hybridized carbons (Fsp3) is 0.636. The molecule has 9 heteroatoms. The second-order valence-corrected chi connectivity index (χ2v) is 10.4. The Morgan fingerprint density at radius 2 is 1.97 bits per heavy atom. The van der Waals surface area contributed by atoms with Crippen LogP contribution in [0, 0.1) is 6.92 Å². The van der Waals surface area contributed by atoms with Gasteiger partial charge in [-0.15, -0.1) is 0 Å². The van der Waals surface area contributed by atoms with Crippen molar-refractivity contribution in [3.63, 3.8) is 0 Å². The van der Waals surface area contributed by atoms with Gasteiger partial charge in [0.15, 0.2) is 0 Å². The summed E-state index contributed by atoms with van der Waals surface area (Å²) in [5, 5.41) is 7.62. The van der Waals surface area contributed by atoms with E-state index in [1.165, 1.54) is 6.33 Å². The molecule has 0 saturated carbocycles. The number of nitrogens with one attached hydrogen (secondary N) is 1. The van der Waals surface area contributed by atoms with Gasteiger partial charge >= 0.3 is 6.09 Å². The highest BCUT2D eigenvalue weighted by molar-refractivity contribution is 6.31. The van der Waals surface area contributed by atoms with Crippen molar-refractivity contribution in [2.45, 2.75) is 77.1 Å². The largest absolute Gasteiger partial charge is 0.444 e. The van der Waals surface area contributed by atoms with Crippen molar-refractivity contribution >= 4 is 17.7 Å². The van der Waals surface area contributed by atoms with Crippen molar-refractivity contribution in [1.82, 2.24) is 25.1 Å². The third-order valence-electron chi connectivity index (χ3n) is 6.14. The Morgan fingerprint density at radius 1 is 1.29 bits per heavy atom. The lowest BCUT2D eigenvalue weighted by atomic mass is 9.81. The van der Waals surface area contributed by atoms with Gasteiger partial charge in [0.25, 0.3) is 0 Å². The quantitative estimate of drug-likeness (QED) is 0.731. The summed E-state index contributed by atoms with van der Waals surface area (Å²) in [4.78, 5) is 23.5. The predicted molar refractivity (Wildman–Crippen MR) is 116 cm³/mol. The summed E-state index contributed by atoms with van der Waals surface area (Å²) >= 11 is 6.46. The van der Waals surface area contributed by atoms with Crippen LogP contribution in [0.4, 0.5) is 4.79 Å². The molecule has 2 aromatic heterocycles. The molecule has 4 rings (SSSR count). The van der Waals surface area contributed by atoms with Crippen LogP contribution in [0.5, 0.6) is 0 Å². The van der Waals surface area contributed by atoms with Crippen LogP contribution in [0.25, 0.3) is 0 Å². The average Bonchev–Trinajstić information content (AvgIpc) is 3.31. The Morgan fingerprint density at radius 3 is 2.55 bits per heavy atom. The minimum Gasteiger partial charge on any atom is -0.444 e. The van der Waals surface area contributed by atoms with E-state index in [0.717, 1.165) is 22.8 Å². The average molecular weight is 448 g/mol. The van der Waals surface area contributed by atoms with E-state index in [1.54, 1.807) is 4.90 Å². The van der Waals surface area contributed by atoms with Gasteiger partial charge in [0, 0.05) is 18.7 Å². The predicted octanol–water partition coefficient (Wildman–Crippen LogP) is 4.44. The number of H-pyrrole nitrogens is 1. The standard InChI is InChI=1S/C22H30ClN5O3/c1-13-15(23)11-14-16(26-13)22(30-17(14)21(5,6)18-24-12-25-27-18)7-9-28(10-8-22)19(29)31-20(2,3)4/h11-12,17H,7-10H2,1-6H3,(H,24,25,27). The second-order valence-electron chi connectivity index (χ2n) is 10.0. The first-order chi connectivity index (χ1) is 14.4. The van der Waals surface area contributed by atoms with E-state index in [1.807, 2.05) is 33.8 Å². The van der Waals surface area contributed by atoms with Crippen molar-refractivity contribution < 1.29 is 14.3 Å². The van der Waals surface area contributed by atoms with Gasteiger partial charge in [-0.1, -0.05) is 11.6 Å². The number of carbonyl (C=O) groups excluding carboxylic acids is 1. The Bertz CT molecular complexity index is 976. The fourth-order valence-electron chi connectivity index (χ4n) is 4.41. The first-order valence-electron chi connectivity index (χ1n) is 10.6. The molecule has 8 nitrogen and oxygen atoms in total. The molecule has 0 radical (unpaired) electrons. The lowest BCUT2D eigenvalue weighted by molar-refractivity contribution is -0.131. The highest BCUT2D eigenvalue weighted by Crippen LogP contribution is 2.54. The number of hydrogen-bond donors (Lipinski definition) is 1. The van der Waals surface area contributed by atoms with E-state index < -0.39 is 16.6 Å². The summed E-state index contributed by atoms with van der Waals surface area (Å²) in [7, 11) is 0. The number of aryl methyl sites for hydroxylation is 1. The van der Waals surface area contributed by atoms with Crippen molar-refractivity contribution in [3.8, 4) is 0 Å². The van der Waals surface area contributed by atoms with Crippen LogP contribution >= 0.6 is 11.6 Å². The molecule has 1 spiro atoms. The maximum absolute atomic E-state index is 12.6. The lowest BCUT2D eigenvalue weighted by Crippen LogP contribution is -2.47. The van der Waals surface area contributed by atoms with Crippen LogP contribution in [0.2, 0.25) is 5.02 Å². The van der Waals surface area contributed by atoms with Gasteiger partial charge in [0.1, 0.15) is 23.4 Å². The second kappa shape index (κ2) is 7.45. The van der Waals surface area contributed by atoms with E-state index in [-0.39, 0.29) is 12.2 Å². The summed E-state index contributed by atoms with van der Waals surface area (Å²) in [5.41, 5.74) is 1.09. The van der Waals surface area contributed by atoms with Crippen LogP contribution in [0.1, 0.15) is 76.3 Å². The number of likely N-dealkylation sites (tertiary alicyclic amines) is 1. The van der Waals surface area contributed by atoms with E-state index in [9.17, 15) is 4.79 Å². The molecule has 31 heavy (non-hydrogen) atoms. The molecule has 2 aromatic rings. The number of fused-ring (bicyclic) bond motifs is 2. The molecule has 1 N–H and O–H groups in total. The Balaban J connectivity index is 1.65. The number of ether oxygens (including phenoxy) is 2. The number of rotatable bonds is 2. The summed E-state index contributed by atoms with van der Waals surface area (Å²) in [6.45, 7) is 12.7. The first-order valence-corrected chi connectivity index (χ1v) is 11.0. The molecule has 1 saturated heterocycles. The monoisotopic (exact) mass is 447 g/mol. The van der Waals surface area contributed by atoms with Crippen molar-refractivity contribution in [2.24, 2.45) is 0 Å². The zero-order valence-corrected chi connectivity index (χ0v) is 19.7.